The third-order valence-corrected chi connectivity index (χ3v) is 3.75. The van der Waals surface area contributed by atoms with Gasteiger partial charge in [0.05, 0.1) is 9.82 Å². The van der Waals surface area contributed by atoms with Gasteiger partial charge in [0.2, 0.25) is 10.0 Å². The molecular formula is C9H13N3O5S. The summed E-state index contributed by atoms with van der Waals surface area (Å²) in [6.07, 6.45) is 0. The van der Waals surface area contributed by atoms with Crippen LogP contribution in [0.4, 0.5) is 5.69 Å². The van der Waals surface area contributed by atoms with Gasteiger partial charge in [-0.05, 0) is 19.1 Å². The number of phenolic OH excluding ortho intramolecular Hbond substituents is 1. The molecule has 0 spiro atoms. The molecule has 0 aliphatic rings. The number of nitro groups is 1. The van der Waals surface area contributed by atoms with E-state index < -0.39 is 32.4 Å². The van der Waals surface area contributed by atoms with Gasteiger partial charge in [-0.3, -0.25) is 10.1 Å². The summed E-state index contributed by atoms with van der Waals surface area (Å²) in [5.41, 5.74) is 4.62. The largest absolute Gasteiger partial charge is 0.502 e. The van der Waals surface area contributed by atoms with Crippen molar-refractivity contribution in [1.82, 2.24) is 4.72 Å². The van der Waals surface area contributed by atoms with E-state index in [0.29, 0.717) is 0 Å². The van der Waals surface area contributed by atoms with Crippen LogP contribution in [0.15, 0.2) is 23.1 Å². The number of hydrogen-bond donors (Lipinski definition) is 3. The molecule has 0 bridgehead atoms. The van der Waals surface area contributed by atoms with Crippen molar-refractivity contribution in [3.8, 4) is 5.75 Å². The Morgan fingerprint density at radius 1 is 1.56 bits per heavy atom. The number of rotatable bonds is 5. The fourth-order valence-corrected chi connectivity index (χ4v) is 2.47. The monoisotopic (exact) mass is 275 g/mol. The zero-order valence-corrected chi connectivity index (χ0v) is 10.3. The van der Waals surface area contributed by atoms with E-state index in [-0.39, 0.29) is 11.4 Å². The summed E-state index contributed by atoms with van der Waals surface area (Å²) in [5.74, 6) is -0.592. The van der Waals surface area contributed by atoms with Gasteiger partial charge in [0.25, 0.3) is 0 Å². The van der Waals surface area contributed by atoms with Crippen molar-refractivity contribution in [1.29, 1.82) is 0 Å². The van der Waals surface area contributed by atoms with E-state index in [1.807, 2.05) is 0 Å². The SMILES string of the molecule is C[C@H](CN)NS(=O)(=O)c1ccc(O)c([N+](=O)[O-])c1. The first kappa shape index (κ1) is 14.4. The van der Waals surface area contributed by atoms with Gasteiger partial charge in [-0.2, -0.15) is 0 Å². The van der Waals surface area contributed by atoms with E-state index in [0.717, 1.165) is 18.2 Å². The third-order valence-electron chi connectivity index (χ3n) is 2.16. The molecule has 0 saturated carbocycles. The molecular weight excluding hydrogens is 262 g/mol. The molecule has 1 atom stereocenters. The lowest BCUT2D eigenvalue weighted by molar-refractivity contribution is -0.386. The number of aromatic hydroxyl groups is 1. The lowest BCUT2D eigenvalue weighted by Gasteiger charge is -2.11. The van der Waals surface area contributed by atoms with Crippen LogP contribution in [0.3, 0.4) is 0 Å². The van der Waals surface area contributed by atoms with Gasteiger partial charge < -0.3 is 10.8 Å². The van der Waals surface area contributed by atoms with E-state index in [1.54, 1.807) is 6.92 Å². The Hall–Kier alpha value is -1.71. The number of nitrogens with one attached hydrogen (secondary N) is 1. The van der Waals surface area contributed by atoms with Crippen LogP contribution in [0.2, 0.25) is 0 Å². The quantitative estimate of drug-likeness (QED) is 0.508. The minimum atomic E-state index is -3.89. The molecule has 18 heavy (non-hydrogen) atoms. The topological polar surface area (TPSA) is 136 Å². The first-order chi connectivity index (χ1) is 8.27. The van der Waals surface area contributed by atoms with Crippen molar-refractivity contribution in [2.75, 3.05) is 6.54 Å². The Kier molecular flexibility index (Phi) is 4.22. The Morgan fingerprint density at radius 3 is 2.67 bits per heavy atom. The maximum Gasteiger partial charge on any atom is 0.312 e. The molecule has 0 aliphatic carbocycles. The molecule has 100 valence electrons. The minimum Gasteiger partial charge on any atom is -0.502 e. The van der Waals surface area contributed by atoms with Crippen LogP contribution < -0.4 is 10.5 Å². The second-order valence-electron chi connectivity index (χ2n) is 3.67. The molecule has 1 rings (SSSR count). The van der Waals surface area contributed by atoms with E-state index in [4.69, 9.17) is 5.73 Å². The van der Waals surface area contributed by atoms with Crippen LogP contribution in [0.1, 0.15) is 6.92 Å². The predicted molar refractivity (Wildman–Crippen MR) is 63.6 cm³/mol. The number of hydrogen-bond acceptors (Lipinski definition) is 6. The molecule has 0 saturated heterocycles. The average molecular weight is 275 g/mol. The lowest BCUT2D eigenvalue weighted by atomic mass is 10.3. The summed E-state index contributed by atoms with van der Waals surface area (Å²) in [4.78, 5) is 9.43. The molecule has 0 amide bonds. The van der Waals surface area contributed by atoms with Crippen molar-refractivity contribution >= 4 is 15.7 Å². The van der Waals surface area contributed by atoms with E-state index >= 15 is 0 Å². The van der Waals surface area contributed by atoms with Gasteiger partial charge in [-0.1, -0.05) is 0 Å². The highest BCUT2D eigenvalue weighted by Gasteiger charge is 2.22. The Balaban J connectivity index is 3.18. The second kappa shape index (κ2) is 5.29. The van der Waals surface area contributed by atoms with Gasteiger partial charge in [-0.25, -0.2) is 13.1 Å². The summed E-state index contributed by atoms with van der Waals surface area (Å²) in [7, 11) is -3.89. The Morgan fingerprint density at radius 2 is 2.17 bits per heavy atom. The van der Waals surface area contributed by atoms with Gasteiger partial charge in [-0.15, -0.1) is 0 Å². The van der Waals surface area contributed by atoms with E-state index in [2.05, 4.69) is 4.72 Å². The van der Waals surface area contributed by atoms with E-state index in [9.17, 15) is 23.6 Å². The molecule has 0 heterocycles. The van der Waals surface area contributed by atoms with Crippen LogP contribution in [0.25, 0.3) is 0 Å². The van der Waals surface area contributed by atoms with Gasteiger partial charge in [0.15, 0.2) is 5.75 Å². The predicted octanol–water partition coefficient (Wildman–Crippen LogP) is -0.0741. The van der Waals surface area contributed by atoms with Gasteiger partial charge >= 0.3 is 5.69 Å². The number of nitrogens with zero attached hydrogens (tertiary/aromatic N) is 1. The zero-order valence-electron chi connectivity index (χ0n) is 9.53. The highest BCUT2D eigenvalue weighted by Crippen LogP contribution is 2.28. The van der Waals surface area contributed by atoms with Crippen LogP contribution in [0, 0.1) is 10.1 Å². The molecule has 0 aliphatic heterocycles. The molecule has 0 unspecified atom stereocenters. The Bertz CT molecular complexity index is 557. The highest BCUT2D eigenvalue weighted by molar-refractivity contribution is 7.89. The van der Waals surface area contributed by atoms with Crippen LogP contribution >= 0.6 is 0 Å². The second-order valence-corrected chi connectivity index (χ2v) is 5.38. The summed E-state index contributed by atoms with van der Waals surface area (Å²) in [6.45, 7) is 1.66. The number of benzene rings is 1. The molecule has 1 aromatic rings. The van der Waals surface area contributed by atoms with Crippen molar-refractivity contribution in [3.63, 3.8) is 0 Å². The third kappa shape index (κ3) is 3.15. The van der Waals surface area contributed by atoms with Crippen molar-refractivity contribution < 1.29 is 18.4 Å². The molecule has 0 fully saturated rings. The number of nitrogens with two attached hydrogens (primary N) is 1. The molecule has 1 aromatic carbocycles. The van der Waals surface area contributed by atoms with Crippen molar-refractivity contribution in [2.45, 2.75) is 17.9 Å². The minimum absolute atomic E-state index is 0.0966. The van der Waals surface area contributed by atoms with Crippen molar-refractivity contribution in [3.05, 3.63) is 28.3 Å². The fourth-order valence-electron chi connectivity index (χ4n) is 1.20. The molecule has 4 N–H and O–H groups in total. The summed E-state index contributed by atoms with van der Waals surface area (Å²) in [6, 6.07) is 2.33. The van der Waals surface area contributed by atoms with Crippen LogP contribution in [-0.2, 0) is 10.0 Å². The summed E-state index contributed by atoms with van der Waals surface area (Å²) < 4.78 is 25.9. The summed E-state index contributed by atoms with van der Waals surface area (Å²) in [5, 5.41) is 19.8. The number of phenols is 1. The first-order valence-electron chi connectivity index (χ1n) is 4.97. The van der Waals surface area contributed by atoms with Crippen molar-refractivity contribution in [2.24, 2.45) is 5.73 Å². The maximum absolute atomic E-state index is 11.8. The first-order valence-corrected chi connectivity index (χ1v) is 6.46. The molecule has 0 aromatic heterocycles. The number of sulfonamides is 1. The van der Waals surface area contributed by atoms with Crippen LogP contribution in [0.5, 0.6) is 5.75 Å². The average Bonchev–Trinajstić information content (AvgIpc) is 2.28. The van der Waals surface area contributed by atoms with E-state index in [1.165, 1.54) is 0 Å². The van der Waals surface area contributed by atoms with Crippen LogP contribution in [-0.4, -0.2) is 31.0 Å². The zero-order chi connectivity index (χ0) is 13.9. The van der Waals surface area contributed by atoms with Gasteiger partial charge in [0, 0.05) is 18.7 Å². The lowest BCUT2D eigenvalue weighted by Crippen LogP contribution is -2.37. The number of nitro benzene ring substituents is 1. The Labute approximate surface area is 104 Å². The fraction of sp³-hybridized carbons (Fsp3) is 0.333. The summed E-state index contributed by atoms with van der Waals surface area (Å²) >= 11 is 0. The normalized spacial score (nSPS) is 13.2. The molecule has 9 heteroatoms. The molecule has 0 radical (unpaired) electrons. The van der Waals surface area contributed by atoms with Gasteiger partial charge in [0.1, 0.15) is 0 Å². The molecule has 8 nitrogen and oxygen atoms in total. The highest BCUT2D eigenvalue weighted by atomic mass is 32.2. The smallest absolute Gasteiger partial charge is 0.312 e. The maximum atomic E-state index is 11.8. The standard InChI is InChI=1S/C9H13N3O5S/c1-6(5-10)11-18(16,17)7-2-3-9(13)8(4-7)12(14)15/h2-4,6,11,13H,5,10H2,1H3/t6-/m1/s1.